The van der Waals surface area contributed by atoms with E-state index < -0.39 is 9.84 Å². The molecule has 2 aromatic carbocycles. The van der Waals surface area contributed by atoms with E-state index in [0.29, 0.717) is 4.90 Å². The summed E-state index contributed by atoms with van der Waals surface area (Å²) in [6.45, 7) is 0. The van der Waals surface area contributed by atoms with Gasteiger partial charge in [0, 0.05) is 23.2 Å². The molecule has 0 bridgehead atoms. The van der Waals surface area contributed by atoms with Crippen LogP contribution < -0.4 is 5.73 Å². The first-order valence-electron chi connectivity index (χ1n) is 7.90. The number of aryl methyl sites for hydroxylation is 2. The van der Waals surface area contributed by atoms with E-state index in [1.54, 1.807) is 12.1 Å². The predicted octanol–water partition coefficient (Wildman–Crippen LogP) is 3.30. The van der Waals surface area contributed by atoms with Crippen molar-refractivity contribution in [2.45, 2.75) is 24.2 Å². The van der Waals surface area contributed by atoms with Gasteiger partial charge in [-0.3, -0.25) is 0 Å². The van der Waals surface area contributed by atoms with Gasteiger partial charge < -0.3 is 5.73 Å². The van der Waals surface area contributed by atoms with E-state index in [1.165, 1.54) is 28.0 Å². The molecule has 129 valence electrons. The minimum absolute atomic E-state index is 0.343. The second-order valence-corrected chi connectivity index (χ2v) is 8.90. The third-order valence-corrected chi connectivity index (χ3v) is 5.96. The summed E-state index contributed by atoms with van der Waals surface area (Å²) in [5.41, 5.74) is 12.8. The van der Waals surface area contributed by atoms with Crippen LogP contribution in [0, 0.1) is 5.51 Å². The van der Waals surface area contributed by atoms with Gasteiger partial charge in [0.15, 0.2) is 15.3 Å². The van der Waals surface area contributed by atoms with Crippen molar-refractivity contribution in [2.75, 3.05) is 12.0 Å². The lowest BCUT2D eigenvalue weighted by molar-refractivity contribution is 0.602. The Balaban J connectivity index is 1.68. The molecule has 2 N–H and O–H groups in total. The topological polar surface area (TPSA) is 73.0 Å². The van der Waals surface area contributed by atoms with Crippen molar-refractivity contribution >= 4 is 26.9 Å². The van der Waals surface area contributed by atoms with Gasteiger partial charge in [-0.1, -0.05) is 24.3 Å². The Morgan fingerprint density at radius 3 is 2.28 bits per heavy atom. The summed E-state index contributed by atoms with van der Waals surface area (Å²) in [6.07, 6.45) is 3.70. The number of rotatable bonds is 6. The van der Waals surface area contributed by atoms with Crippen LogP contribution in [0.3, 0.4) is 0 Å². The van der Waals surface area contributed by atoms with Crippen LogP contribution in [0.5, 0.6) is 0 Å². The first-order chi connectivity index (χ1) is 11.9. The molecule has 6 heteroatoms. The minimum atomic E-state index is -3.16. The van der Waals surface area contributed by atoms with Crippen molar-refractivity contribution in [3.63, 3.8) is 0 Å². The molecule has 3 rings (SSSR count). The van der Waals surface area contributed by atoms with Crippen molar-refractivity contribution in [3.8, 4) is 0 Å². The zero-order chi connectivity index (χ0) is 17.9. The fourth-order valence-corrected chi connectivity index (χ4v) is 3.98. The zero-order valence-corrected chi connectivity index (χ0v) is 15.5. The molecular formula is C19H19N2O2S2. The highest BCUT2D eigenvalue weighted by molar-refractivity contribution is 7.90. The summed E-state index contributed by atoms with van der Waals surface area (Å²) in [4.78, 5) is 5.89. The summed E-state index contributed by atoms with van der Waals surface area (Å²) in [5.74, 6) is 0. The molecule has 0 atom stereocenters. The molecule has 0 unspecified atom stereocenters. The van der Waals surface area contributed by atoms with Gasteiger partial charge in [-0.15, -0.1) is 11.3 Å². The highest BCUT2D eigenvalue weighted by Crippen LogP contribution is 2.21. The quantitative estimate of drug-likeness (QED) is 0.675. The Morgan fingerprint density at radius 2 is 1.64 bits per heavy atom. The lowest BCUT2D eigenvalue weighted by Gasteiger charge is -2.05. The van der Waals surface area contributed by atoms with Crippen LogP contribution >= 0.6 is 11.3 Å². The van der Waals surface area contributed by atoms with Gasteiger partial charge in [-0.2, -0.15) is 0 Å². The number of hydrogen-bond acceptors (Lipinski definition) is 5. The smallest absolute Gasteiger partial charge is 0.175 e. The Kier molecular flexibility index (Phi) is 5.20. The summed E-state index contributed by atoms with van der Waals surface area (Å²) < 4.78 is 23.1. The van der Waals surface area contributed by atoms with E-state index in [9.17, 15) is 8.42 Å². The highest BCUT2D eigenvalue weighted by atomic mass is 32.2. The number of sulfone groups is 1. The van der Waals surface area contributed by atoms with Gasteiger partial charge in [-0.25, -0.2) is 13.4 Å². The second-order valence-electron chi connectivity index (χ2n) is 6.01. The van der Waals surface area contributed by atoms with Gasteiger partial charge in [0.05, 0.1) is 10.6 Å². The standard InChI is InChI=1S/C19H19N2O2S2/c1-25(22,23)17-9-4-15(5-10-17)12-19-18(21-13-24-19)11-6-14-2-7-16(20)8-3-14/h2-5,7-10H,6,11-12,20H2,1H3. The molecule has 0 saturated heterocycles. The lowest BCUT2D eigenvalue weighted by Crippen LogP contribution is -1.99. The number of hydrogen-bond donors (Lipinski definition) is 1. The molecule has 3 aromatic rings. The zero-order valence-electron chi connectivity index (χ0n) is 13.9. The molecule has 0 aliphatic heterocycles. The number of anilines is 1. The number of thiazole rings is 1. The van der Waals surface area contributed by atoms with Crippen LogP contribution in [0.4, 0.5) is 5.69 Å². The Labute approximate surface area is 152 Å². The third kappa shape index (κ3) is 4.67. The summed E-state index contributed by atoms with van der Waals surface area (Å²) in [5, 5.41) is 0. The molecule has 1 heterocycles. The van der Waals surface area contributed by atoms with Crippen LogP contribution in [-0.2, 0) is 29.1 Å². The van der Waals surface area contributed by atoms with Crippen molar-refractivity contribution in [1.82, 2.24) is 4.98 Å². The SMILES string of the molecule is CS(=O)(=O)c1ccc(Cc2s[c]nc2CCc2ccc(N)cc2)cc1. The van der Waals surface area contributed by atoms with E-state index in [4.69, 9.17) is 5.73 Å². The predicted molar refractivity (Wildman–Crippen MR) is 102 cm³/mol. The Hall–Kier alpha value is -2.18. The molecule has 0 spiro atoms. The van der Waals surface area contributed by atoms with Crippen LogP contribution in [0.25, 0.3) is 0 Å². The van der Waals surface area contributed by atoms with Gasteiger partial charge in [0.25, 0.3) is 0 Å². The monoisotopic (exact) mass is 371 g/mol. The van der Waals surface area contributed by atoms with Crippen LogP contribution in [0.2, 0.25) is 0 Å². The number of benzene rings is 2. The molecule has 1 aromatic heterocycles. The number of nitrogens with two attached hydrogens (primary N) is 1. The lowest BCUT2D eigenvalue weighted by atomic mass is 10.0. The van der Waals surface area contributed by atoms with E-state index >= 15 is 0 Å². The summed E-state index contributed by atoms with van der Waals surface area (Å²) in [6, 6.07) is 14.9. The van der Waals surface area contributed by atoms with E-state index in [2.05, 4.69) is 10.5 Å². The highest BCUT2D eigenvalue weighted by Gasteiger charge is 2.10. The molecule has 25 heavy (non-hydrogen) atoms. The Morgan fingerprint density at radius 1 is 1.00 bits per heavy atom. The molecule has 0 fully saturated rings. The first kappa shape index (κ1) is 17.6. The molecular weight excluding hydrogens is 352 g/mol. The van der Waals surface area contributed by atoms with Crippen molar-refractivity contribution < 1.29 is 8.42 Å². The van der Waals surface area contributed by atoms with Crippen molar-refractivity contribution in [2.24, 2.45) is 0 Å². The molecule has 0 saturated carbocycles. The summed E-state index contributed by atoms with van der Waals surface area (Å²) in [7, 11) is -3.16. The third-order valence-electron chi connectivity index (χ3n) is 4.02. The fourth-order valence-electron chi connectivity index (χ4n) is 2.57. The average molecular weight is 372 g/mol. The maximum atomic E-state index is 11.5. The van der Waals surface area contributed by atoms with Crippen molar-refractivity contribution in [3.05, 3.63) is 75.7 Å². The van der Waals surface area contributed by atoms with Gasteiger partial charge in [-0.05, 0) is 48.2 Å². The van der Waals surface area contributed by atoms with E-state index in [0.717, 1.165) is 36.2 Å². The van der Waals surface area contributed by atoms with Gasteiger partial charge >= 0.3 is 0 Å². The van der Waals surface area contributed by atoms with Crippen LogP contribution in [-0.4, -0.2) is 19.7 Å². The normalized spacial score (nSPS) is 11.6. The van der Waals surface area contributed by atoms with Crippen LogP contribution in [0.15, 0.2) is 53.4 Å². The van der Waals surface area contributed by atoms with Gasteiger partial charge in [0.2, 0.25) is 0 Å². The number of nitrogen functional groups attached to an aromatic ring is 1. The average Bonchev–Trinajstić information content (AvgIpc) is 3.01. The molecule has 4 nitrogen and oxygen atoms in total. The Bertz CT molecular complexity index is 944. The molecule has 0 aliphatic rings. The van der Waals surface area contributed by atoms with Gasteiger partial charge in [0.1, 0.15) is 0 Å². The number of aromatic nitrogens is 1. The first-order valence-corrected chi connectivity index (χ1v) is 10.6. The second kappa shape index (κ2) is 7.37. The molecule has 0 aliphatic carbocycles. The number of nitrogens with zero attached hydrogens (tertiary/aromatic N) is 1. The maximum absolute atomic E-state index is 11.5. The summed E-state index contributed by atoms with van der Waals surface area (Å²) >= 11 is 1.52. The largest absolute Gasteiger partial charge is 0.399 e. The fraction of sp³-hybridized carbons (Fsp3) is 0.211. The maximum Gasteiger partial charge on any atom is 0.175 e. The molecule has 0 amide bonds. The van der Waals surface area contributed by atoms with E-state index in [-0.39, 0.29) is 0 Å². The van der Waals surface area contributed by atoms with Crippen molar-refractivity contribution in [1.29, 1.82) is 0 Å². The minimum Gasteiger partial charge on any atom is -0.399 e. The van der Waals surface area contributed by atoms with Crippen LogP contribution in [0.1, 0.15) is 21.7 Å². The van der Waals surface area contributed by atoms with E-state index in [1.807, 2.05) is 36.4 Å². The molecule has 1 radical (unpaired) electrons.